The van der Waals surface area contributed by atoms with Crippen LogP contribution in [-0.4, -0.2) is 17.9 Å². The molecule has 2 rings (SSSR count). The molecule has 1 atom stereocenters. The number of hydrogen-bond donors (Lipinski definition) is 0. The van der Waals surface area contributed by atoms with Crippen molar-refractivity contribution in [2.24, 2.45) is 5.92 Å². The van der Waals surface area contributed by atoms with Gasteiger partial charge in [0.25, 0.3) is 0 Å². The number of ether oxygens (including phenoxy) is 1. The number of halogens is 3. The number of ketones is 1. The molecule has 6 heteroatoms. The highest BCUT2D eigenvalue weighted by Crippen LogP contribution is 2.32. The Labute approximate surface area is 113 Å². The van der Waals surface area contributed by atoms with Gasteiger partial charge in [0.1, 0.15) is 11.5 Å². The average Bonchev–Trinajstić information content (AvgIpc) is 2.41. The first-order chi connectivity index (χ1) is 9.32. The molecule has 1 heterocycles. The zero-order valence-corrected chi connectivity index (χ0v) is 10.9. The third-order valence-electron chi connectivity index (χ3n) is 3.05. The van der Waals surface area contributed by atoms with Crippen molar-refractivity contribution in [2.45, 2.75) is 13.1 Å². The van der Waals surface area contributed by atoms with Gasteiger partial charge >= 0.3 is 6.18 Å². The van der Waals surface area contributed by atoms with Gasteiger partial charge in [-0.2, -0.15) is 13.2 Å². The fourth-order valence-corrected chi connectivity index (χ4v) is 1.91. The second kappa shape index (κ2) is 5.11. The molecule has 0 aromatic carbocycles. The second-order valence-electron chi connectivity index (χ2n) is 4.38. The van der Waals surface area contributed by atoms with Crippen LogP contribution in [0.1, 0.15) is 18.3 Å². The highest BCUT2D eigenvalue weighted by atomic mass is 19.4. The maximum absolute atomic E-state index is 12.7. The molecule has 20 heavy (non-hydrogen) atoms. The van der Waals surface area contributed by atoms with Crippen LogP contribution < -0.4 is 0 Å². The minimum absolute atomic E-state index is 0.128. The molecule has 106 valence electrons. The smallest absolute Gasteiger partial charge is 0.433 e. The van der Waals surface area contributed by atoms with Crippen LogP contribution in [-0.2, 0) is 15.7 Å². The number of methoxy groups -OCH3 is 1. The summed E-state index contributed by atoms with van der Waals surface area (Å²) in [6.07, 6.45) is -1.66. The Morgan fingerprint density at radius 2 is 1.95 bits per heavy atom. The first-order valence-electron chi connectivity index (χ1n) is 5.88. The van der Waals surface area contributed by atoms with Crippen LogP contribution in [0.15, 0.2) is 36.1 Å². The lowest BCUT2D eigenvalue weighted by molar-refractivity contribution is -0.141. The van der Waals surface area contributed by atoms with Gasteiger partial charge in [0.05, 0.1) is 12.8 Å². The number of pyridine rings is 1. The van der Waals surface area contributed by atoms with Crippen LogP contribution in [0.2, 0.25) is 0 Å². The van der Waals surface area contributed by atoms with Crippen molar-refractivity contribution >= 4 is 11.4 Å². The van der Waals surface area contributed by atoms with Crippen molar-refractivity contribution in [2.75, 3.05) is 7.11 Å². The number of carbonyl (C=O) groups is 1. The Morgan fingerprint density at radius 1 is 1.25 bits per heavy atom. The van der Waals surface area contributed by atoms with E-state index in [2.05, 4.69) is 4.98 Å². The van der Waals surface area contributed by atoms with E-state index in [0.29, 0.717) is 11.3 Å². The van der Waals surface area contributed by atoms with Gasteiger partial charge < -0.3 is 4.74 Å². The van der Waals surface area contributed by atoms with Crippen molar-refractivity contribution in [3.05, 3.63) is 47.5 Å². The Balaban J connectivity index is 2.48. The van der Waals surface area contributed by atoms with Gasteiger partial charge in [0.2, 0.25) is 0 Å². The summed E-state index contributed by atoms with van der Waals surface area (Å²) >= 11 is 0. The molecule has 0 radical (unpaired) electrons. The van der Waals surface area contributed by atoms with Gasteiger partial charge in [-0.25, -0.2) is 4.98 Å². The van der Waals surface area contributed by atoms with E-state index in [1.165, 1.54) is 31.4 Å². The summed E-state index contributed by atoms with van der Waals surface area (Å²) in [5.41, 5.74) is -0.437. The fraction of sp³-hybridized carbons (Fsp3) is 0.286. The van der Waals surface area contributed by atoms with Crippen LogP contribution in [0.4, 0.5) is 13.2 Å². The van der Waals surface area contributed by atoms with Gasteiger partial charge in [0.15, 0.2) is 5.78 Å². The summed E-state index contributed by atoms with van der Waals surface area (Å²) in [5.74, 6) is -0.467. The van der Waals surface area contributed by atoms with Crippen molar-refractivity contribution in [3.63, 3.8) is 0 Å². The zero-order valence-electron chi connectivity index (χ0n) is 10.9. The van der Waals surface area contributed by atoms with E-state index in [1.807, 2.05) is 0 Å². The first-order valence-corrected chi connectivity index (χ1v) is 5.88. The third kappa shape index (κ3) is 2.74. The third-order valence-corrected chi connectivity index (χ3v) is 3.05. The largest absolute Gasteiger partial charge is 0.497 e. The number of carbonyl (C=O) groups excluding carboxylic acids is 1. The van der Waals surface area contributed by atoms with Gasteiger partial charge in [-0.1, -0.05) is 13.0 Å². The number of alkyl halides is 3. The van der Waals surface area contributed by atoms with E-state index in [0.717, 1.165) is 6.07 Å². The van der Waals surface area contributed by atoms with Gasteiger partial charge in [-0.05, 0) is 23.8 Å². The average molecular weight is 283 g/mol. The number of rotatable bonds is 2. The van der Waals surface area contributed by atoms with E-state index in [9.17, 15) is 18.0 Å². The molecule has 3 nitrogen and oxygen atoms in total. The number of allylic oxidation sites excluding steroid dienone is 3. The molecule has 0 fully saturated rings. The van der Waals surface area contributed by atoms with Crippen LogP contribution in [0.5, 0.6) is 0 Å². The molecule has 0 amide bonds. The standard InChI is InChI=1S/C14H12F3NO2/c1-8-10(6-9(20-2)7-12(8)19)11-4-3-5-13(18-11)14(15,16)17/h3-8H,1-2H3. The predicted molar refractivity (Wildman–Crippen MR) is 66.5 cm³/mol. The van der Waals surface area contributed by atoms with Crippen molar-refractivity contribution in [1.82, 2.24) is 4.98 Å². The molecule has 0 saturated heterocycles. The number of aromatic nitrogens is 1. The van der Waals surface area contributed by atoms with E-state index in [-0.39, 0.29) is 11.5 Å². The minimum Gasteiger partial charge on any atom is -0.497 e. The summed E-state index contributed by atoms with van der Waals surface area (Å²) in [7, 11) is 1.39. The predicted octanol–water partition coefficient (Wildman–Crippen LogP) is 3.23. The van der Waals surface area contributed by atoms with Crippen LogP contribution in [0.25, 0.3) is 5.57 Å². The lowest BCUT2D eigenvalue weighted by Crippen LogP contribution is -2.17. The molecule has 0 bridgehead atoms. The molecule has 0 saturated carbocycles. The summed E-state index contributed by atoms with van der Waals surface area (Å²) in [6.45, 7) is 1.62. The van der Waals surface area contributed by atoms with E-state index in [4.69, 9.17) is 4.74 Å². The van der Waals surface area contributed by atoms with Gasteiger partial charge in [-0.3, -0.25) is 4.79 Å². The Hall–Kier alpha value is -2.11. The van der Waals surface area contributed by atoms with Crippen molar-refractivity contribution in [3.8, 4) is 0 Å². The summed E-state index contributed by atoms with van der Waals surface area (Å²) < 4.78 is 43.0. The Kier molecular flexibility index (Phi) is 3.65. The molecule has 0 aliphatic heterocycles. The molecule has 1 aromatic heterocycles. The summed E-state index contributed by atoms with van der Waals surface area (Å²) in [6, 6.07) is 3.61. The van der Waals surface area contributed by atoms with E-state index in [1.54, 1.807) is 6.92 Å². The van der Waals surface area contributed by atoms with Crippen molar-refractivity contribution in [1.29, 1.82) is 0 Å². The highest BCUT2D eigenvalue weighted by molar-refractivity contribution is 6.02. The zero-order chi connectivity index (χ0) is 14.9. The van der Waals surface area contributed by atoms with Crippen LogP contribution >= 0.6 is 0 Å². The fourth-order valence-electron chi connectivity index (χ4n) is 1.91. The topological polar surface area (TPSA) is 39.2 Å². The maximum Gasteiger partial charge on any atom is 0.433 e. The molecule has 1 aliphatic rings. The van der Waals surface area contributed by atoms with Crippen LogP contribution in [0, 0.1) is 5.92 Å². The lowest BCUT2D eigenvalue weighted by atomic mass is 9.89. The summed E-state index contributed by atoms with van der Waals surface area (Å²) in [4.78, 5) is 15.4. The number of hydrogen-bond acceptors (Lipinski definition) is 3. The van der Waals surface area contributed by atoms with Gasteiger partial charge in [0, 0.05) is 12.0 Å². The molecular formula is C14H12F3NO2. The molecular weight excluding hydrogens is 271 g/mol. The Morgan fingerprint density at radius 3 is 2.55 bits per heavy atom. The minimum atomic E-state index is -4.52. The molecule has 0 N–H and O–H groups in total. The van der Waals surface area contributed by atoms with Crippen LogP contribution in [0.3, 0.4) is 0 Å². The maximum atomic E-state index is 12.7. The SMILES string of the molecule is COC1=CC(=O)C(C)C(c2cccc(C(F)(F)F)n2)=C1. The monoisotopic (exact) mass is 283 g/mol. The number of nitrogens with zero attached hydrogens (tertiary/aromatic N) is 1. The second-order valence-corrected chi connectivity index (χ2v) is 4.38. The van der Waals surface area contributed by atoms with E-state index < -0.39 is 17.8 Å². The molecule has 1 aliphatic carbocycles. The van der Waals surface area contributed by atoms with Crippen molar-refractivity contribution < 1.29 is 22.7 Å². The summed E-state index contributed by atoms with van der Waals surface area (Å²) in [5, 5.41) is 0. The first kappa shape index (κ1) is 14.3. The molecule has 1 aromatic rings. The van der Waals surface area contributed by atoms with Gasteiger partial charge in [-0.15, -0.1) is 0 Å². The molecule has 1 unspecified atom stereocenters. The highest BCUT2D eigenvalue weighted by Gasteiger charge is 2.33. The Bertz CT molecular complexity index is 603. The lowest BCUT2D eigenvalue weighted by Gasteiger charge is -2.19. The molecule has 0 spiro atoms. The quantitative estimate of drug-likeness (QED) is 0.836. The normalized spacial score (nSPS) is 19.4. The van der Waals surface area contributed by atoms with E-state index >= 15 is 0 Å².